The van der Waals surface area contributed by atoms with Crippen molar-refractivity contribution in [2.75, 3.05) is 0 Å². The van der Waals surface area contributed by atoms with Crippen LogP contribution in [0.1, 0.15) is 27.2 Å². The summed E-state index contributed by atoms with van der Waals surface area (Å²) in [4.78, 5) is 10.6. The van der Waals surface area contributed by atoms with Gasteiger partial charge in [-0.25, -0.2) is 0 Å². The van der Waals surface area contributed by atoms with E-state index < -0.39 is 9.04 Å². The largest absolute Gasteiger partial charge is 0.545 e. The average Bonchev–Trinajstić information content (AvgIpc) is 1.95. The van der Waals surface area contributed by atoms with Crippen molar-refractivity contribution >= 4 is 15.3 Å². The summed E-state index contributed by atoms with van der Waals surface area (Å²) in [7, 11) is -1.13. The highest BCUT2D eigenvalue weighted by Gasteiger charge is 2.09. The molecule has 0 saturated heterocycles. The minimum atomic E-state index is -1.13. The normalized spacial score (nSPS) is 13.2. The second kappa shape index (κ2) is 5.22. The molecular weight excluding hydrogens is 180 g/mol. The monoisotopic (exact) mass is 200 g/mol. The van der Waals surface area contributed by atoms with E-state index in [4.69, 9.17) is 4.43 Å². The van der Waals surface area contributed by atoms with Gasteiger partial charge in [0.1, 0.15) is 5.76 Å². The first kappa shape index (κ1) is 12.4. The van der Waals surface area contributed by atoms with Crippen molar-refractivity contribution in [1.82, 2.24) is 0 Å². The van der Waals surface area contributed by atoms with E-state index in [9.17, 15) is 4.79 Å². The zero-order valence-corrected chi connectivity index (χ0v) is 10.4. The molecule has 0 rings (SSSR count). The first-order valence-electron chi connectivity index (χ1n) is 4.67. The number of carbonyl (C=O) groups excluding carboxylic acids is 1. The first-order chi connectivity index (χ1) is 5.85. The molecule has 0 N–H and O–H groups in total. The molecule has 3 heteroatoms. The molecule has 0 atom stereocenters. The summed E-state index contributed by atoms with van der Waals surface area (Å²) in [6.45, 7) is 10.5. The van der Waals surface area contributed by atoms with Crippen LogP contribution in [0.2, 0.25) is 13.1 Å². The van der Waals surface area contributed by atoms with Gasteiger partial charge in [-0.3, -0.25) is 4.79 Å². The predicted molar refractivity (Wildman–Crippen MR) is 58.2 cm³/mol. The Morgan fingerprint density at radius 1 is 1.38 bits per heavy atom. The third kappa shape index (κ3) is 7.78. The Labute approximate surface area is 82.7 Å². The van der Waals surface area contributed by atoms with Crippen LogP contribution < -0.4 is 0 Å². The molecule has 0 amide bonds. The molecule has 0 unspecified atom stereocenters. The second-order valence-electron chi connectivity index (χ2n) is 4.66. The Kier molecular flexibility index (Phi) is 4.99. The molecule has 0 aliphatic carbocycles. The molecule has 0 radical (unpaired) electrons. The van der Waals surface area contributed by atoms with Crippen LogP contribution >= 0.6 is 0 Å². The minimum Gasteiger partial charge on any atom is -0.545 e. The van der Waals surface area contributed by atoms with Crippen molar-refractivity contribution in [2.24, 2.45) is 5.41 Å². The molecule has 0 spiro atoms. The Balaban J connectivity index is 4.15. The number of allylic oxidation sites excluding steroid dienone is 2. The molecule has 76 valence electrons. The Morgan fingerprint density at radius 2 is 1.92 bits per heavy atom. The van der Waals surface area contributed by atoms with Crippen LogP contribution in [0.4, 0.5) is 0 Å². The SMILES string of the molecule is C[SiH](C)OC(C=O)=CCC(C)(C)C. The van der Waals surface area contributed by atoms with Crippen LogP contribution in [0.25, 0.3) is 0 Å². The maximum Gasteiger partial charge on any atom is 0.229 e. The van der Waals surface area contributed by atoms with Crippen molar-refractivity contribution in [3.63, 3.8) is 0 Å². The van der Waals surface area contributed by atoms with Gasteiger partial charge in [-0.15, -0.1) is 0 Å². The topological polar surface area (TPSA) is 26.3 Å². The van der Waals surface area contributed by atoms with Crippen LogP contribution in [0.5, 0.6) is 0 Å². The van der Waals surface area contributed by atoms with Crippen LogP contribution in [0, 0.1) is 5.41 Å². The molecule has 0 aromatic heterocycles. The number of aldehydes is 1. The summed E-state index contributed by atoms with van der Waals surface area (Å²) in [5.41, 5.74) is 0.218. The van der Waals surface area contributed by atoms with Crippen LogP contribution in [0.3, 0.4) is 0 Å². The van der Waals surface area contributed by atoms with E-state index in [1.54, 1.807) is 0 Å². The van der Waals surface area contributed by atoms with E-state index in [2.05, 4.69) is 33.9 Å². The number of hydrogen-bond donors (Lipinski definition) is 0. The number of rotatable bonds is 4. The highest BCUT2D eigenvalue weighted by atomic mass is 28.3. The molecule has 0 bridgehead atoms. The van der Waals surface area contributed by atoms with Gasteiger partial charge in [0.2, 0.25) is 9.04 Å². The molecule has 0 aromatic carbocycles. The smallest absolute Gasteiger partial charge is 0.229 e. The zero-order chi connectivity index (χ0) is 10.5. The highest BCUT2D eigenvalue weighted by Crippen LogP contribution is 2.19. The third-order valence-electron chi connectivity index (χ3n) is 1.40. The summed E-state index contributed by atoms with van der Waals surface area (Å²) in [5, 5.41) is 0. The van der Waals surface area contributed by atoms with Gasteiger partial charge in [0.15, 0.2) is 6.29 Å². The fourth-order valence-corrected chi connectivity index (χ4v) is 1.50. The maximum atomic E-state index is 10.6. The summed E-state index contributed by atoms with van der Waals surface area (Å²) in [6, 6.07) is 0. The van der Waals surface area contributed by atoms with Crippen LogP contribution in [-0.2, 0) is 9.22 Å². The Morgan fingerprint density at radius 3 is 2.23 bits per heavy atom. The van der Waals surface area contributed by atoms with Gasteiger partial charge in [0, 0.05) is 0 Å². The van der Waals surface area contributed by atoms with Crippen molar-refractivity contribution < 1.29 is 9.22 Å². The van der Waals surface area contributed by atoms with Gasteiger partial charge in [0.05, 0.1) is 0 Å². The van der Waals surface area contributed by atoms with Gasteiger partial charge in [-0.2, -0.15) is 0 Å². The fraction of sp³-hybridized carbons (Fsp3) is 0.700. The lowest BCUT2D eigenvalue weighted by Crippen LogP contribution is -2.09. The summed E-state index contributed by atoms with van der Waals surface area (Å²) < 4.78 is 5.43. The van der Waals surface area contributed by atoms with Gasteiger partial charge >= 0.3 is 0 Å². The molecule has 2 nitrogen and oxygen atoms in total. The van der Waals surface area contributed by atoms with Crippen LogP contribution in [-0.4, -0.2) is 15.3 Å². The quantitative estimate of drug-likeness (QED) is 0.302. The summed E-state index contributed by atoms with van der Waals surface area (Å²) in [6.07, 6.45) is 3.57. The fourth-order valence-electron chi connectivity index (χ4n) is 0.803. The molecule has 13 heavy (non-hydrogen) atoms. The standard InChI is InChI=1S/C10H20O2Si/c1-10(2,3)7-6-9(8-11)12-13(4)5/h6,8,13H,7H2,1-5H3. The predicted octanol–water partition coefficient (Wildman–Crippen LogP) is 2.51. The number of hydrogen-bond acceptors (Lipinski definition) is 2. The van der Waals surface area contributed by atoms with E-state index in [1.807, 2.05) is 6.08 Å². The molecular formula is C10H20O2Si. The Hall–Kier alpha value is -0.573. The van der Waals surface area contributed by atoms with Gasteiger partial charge in [0.25, 0.3) is 0 Å². The summed E-state index contributed by atoms with van der Waals surface area (Å²) in [5.74, 6) is 0.511. The first-order valence-corrected chi connectivity index (χ1v) is 7.45. The molecule has 0 aliphatic heterocycles. The molecule has 0 saturated carbocycles. The lowest BCUT2D eigenvalue weighted by atomic mass is 9.92. The second-order valence-corrected chi connectivity index (χ2v) is 6.99. The lowest BCUT2D eigenvalue weighted by molar-refractivity contribution is -0.106. The van der Waals surface area contributed by atoms with Crippen molar-refractivity contribution in [3.05, 3.63) is 11.8 Å². The minimum absolute atomic E-state index is 0.218. The summed E-state index contributed by atoms with van der Waals surface area (Å²) >= 11 is 0. The van der Waals surface area contributed by atoms with E-state index in [-0.39, 0.29) is 5.41 Å². The van der Waals surface area contributed by atoms with E-state index >= 15 is 0 Å². The van der Waals surface area contributed by atoms with E-state index in [0.29, 0.717) is 5.76 Å². The van der Waals surface area contributed by atoms with Crippen LogP contribution in [0.15, 0.2) is 11.8 Å². The van der Waals surface area contributed by atoms with Crippen molar-refractivity contribution in [3.8, 4) is 0 Å². The third-order valence-corrected chi connectivity index (χ3v) is 2.15. The maximum absolute atomic E-state index is 10.6. The van der Waals surface area contributed by atoms with Gasteiger partial charge in [-0.1, -0.05) is 20.8 Å². The molecule has 0 aromatic rings. The van der Waals surface area contributed by atoms with Crippen molar-refractivity contribution in [1.29, 1.82) is 0 Å². The zero-order valence-electron chi connectivity index (χ0n) is 9.26. The Bertz CT molecular complexity index is 190. The number of carbonyl (C=O) groups is 1. The molecule has 0 fully saturated rings. The lowest BCUT2D eigenvalue weighted by Gasteiger charge is -2.16. The molecule has 0 aliphatic rings. The van der Waals surface area contributed by atoms with Crippen molar-refractivity contribution in [2.45, 2.75) is 40.3 Å². The van der Waals surface area contributed by atoms with E-state index in [1.165, 1.54) is 0 Å². The highest BCUT2D eigenvalue weighted by molar-refractivity contribution is 6.49. The average molecular weight is 200 g/mol. The van der Waals surface area contributed by atoms with Gasteiger partial charge in [-0.05, 0) is 31.0 Å². The van der Waals surface area contributed by atoms with E-state index in [0.717, 1.165) is 12.7 Å². The molecule has 0 heterocycles. The van der Waals surface area contributed by atoms with Gasteiger partial charge < -0.3 is 4.43 Å².